The van der Waals surface area contributed by atoms with Gasteiger partial charge in [-0.05, 0) is 24.6 Å². The molecule has 0 saturated heterocycles. The molecule has 1 heterocycles. The zero-order chi connectivity index (χ0) is 12.3. The maximum absolute atomic E-state index is 5.79. The Balaban J connectivity index is 2.13. The highest BCUT2D eigenvalue weighted by atomic mass is 32.1. The van der Waals surface area contributed by atoms with Crippen LogP contribution in [-0.4, -0.2) is 12.1 Å². The van der Waals surface area contributed by atoms with Crippen molar-refractivity contribution in [2.45, 2.75) is 19.4 Å². The van der Waals surface area contributed by atoms with Gasteiger partial charge in [-0.2, -0.15) is 0 Å². The van der Waals surface area contributed by atoms with Gasteiger partial charge in [0.1, 0.15) is 5.75 Å². The minimum absolute atomic E-state index is 0.00492. The average Bonchev–Trinajstić information content (AvgIpc) is 2.78. The fraction of sp³-hybridized carbons (Fsp3) is 0.308. The number of aromatic nitrogens is 1. The number of benzene rings is 1. The molecular weight excluding hydrogens is 232 g/mol. The van der Waals surface area contributed by atoms with Crippen LogP contribution in [0.25, 0.3) is 0 Å². The highest BCUT2D eigenvalue weighted by Crippen LogP contribution is 2.20. The summed E-state index contributed by atoms with van der Waals surface area (Å²) in [6.45, 7) is 1.95. The Labute approximate surface area is 105 Å². The monoisotopic (exact) mass is 248 g/mol. The Morgan fingerprint density at radius 2 is 2.29 bits per heavy atom. The van der Waals surface area contributed by atoms with Gasteiger partial charge in [-0.15, -0.1) is 11.3 Å². The van der Waals surface area contributed by atoms with Gasteiger partial charge in [-0.3, -0.25) is 0 Å². The van der Waals surface area contributed by atoms with Crippen molar-refractivity contribution >= 4 is 11.3 Å². The molecule has 0 fully saturated rings. The van der Waals surface area contributed by atoms with Crippen LogP contribution in [0.4, 0.5) is 0 Å². The molecule has 0 radical (unpaired) electrons. The minimum Gasteiger partial charge on any atom is -0.497 e. The molecule has 2 N–H and O–H groups in total. The molecule has 0 aliphatic carbocycles. The van der Waals surface area contributed by atoms with Gasteiger partial charge in [0, 0.05) is 17.8 Å². The summed E-state index contributed by atoms with van der Waals surface area (Å²) in [7, 11) is 1.68. The van der Waals surface area contributed by atoms with E-state index in [-0.39, 0.29) is 6.04 Å². The summed E-state index contributed by atoms with van der Waals surface area (Å²) in [5, 5.41) is 3.12. The van der Waals surface area contributed by atoms with E-state index in [1.807, 2.05) is 30.5 Å². The van der Waals surface area contributed by atoms with Crippen molar-refractivity contribution in [3.05, 3.63) is 45.9 Å². The van der Waals surface area contributed by atoms with Gasteiger partial charge in [0.25, 0.3) is 0 Å². The van der Waals surface area contributed by atoms with E-state index < -0.39 is 0 Å². The molecule has 0 spiro atoms. The van der Waals surface area contributed by atoms with E-state index in [1.165, 1.54) is 5.56 Å². The van der Waals surface area contributed by atoms with E-state index in [0.717, 1.165) is 22.9 Å². The molecule has 3 nitrogen and oxygen atoms in total. The molecule has 0 saturated carbocycles. The Morgan fingerprint density at radius 1 is 1.47 bits per heavy atom. The molecule has 90 valence electrons. The van der Waals surface area contributed by atoms with Crippen LogP contribution in [0.3, 0.4) is 0 Å². The highest BCUT2D eigenvalue weighted by Gasteiger charge is 2.06. The summed E-state index contributed by atoms with van der Waals surface area (Å²) >= 11 is 1.65. The Hall–Kier alpha value is -1.39. The van der Waals surface area contributed by atoms with Gasteiger partial charge in [0.05, 0.1) is 17.8 Å². The quantitative estimate of drug-likeness (QED) is 0.905. The zero-order valence-corrected chi connectivity index (χ0v) is 10.8. The van der Waals surface area contributed by atoms with Crippen LogP contribution in [0.5, 0.6) is 5.75 Å². The molecule has 1 atom stereocenters. The lowest BCUT2D eigenvalue weighted by atomic mass is 10.1. The predicted octanol–water partition coefficient (Wildman–Crippen LogP) is 2.76. The number of hydrogen-bond donors (Lipinski definition) is 1. The van der Waals surface area contributed by atoms with Gasteiger partial charge in [0.2, 0.25) is 0 Å². The largest absolute Gasteiger partial charge is 0.497 e. The minimum atomic E-state index is 0.00492. The number of methoxy groups -OCH3 is 1. The van der Waals surface area contributed by atoms with E-state index in [2.05, 4.69) is 11.1 Å². The van der Waals surface area contributed by atoms with Crippen molar-refractivity contribution in [1.82, 2.24) is 4.98 Å². The van der Waals surface area contributed by atoms with Crippen LogP contribution < -0.4 is 10.5 Å². The zero-order valence-electron chi connectivity index (χ0n) is 10.0. The van der Waals surface area contributed by atoms with Crippen LogP contribution >= 0.6 is 11.3 Å². The fourth-order valence-corrected chi connectivity index (χ4v) is 2.50. The summed E-state index contributed by atoms with van der Waals surface area (Å²) in [5.74, 6) is 0.881. The number of thiazole rings is 1. The molecule has 0 aliphatic rings. The lowest BCUT2D eigenvalue weighted by Gasteiger charge is -2.02. The van der Waals surface area contributed by atoms with E-state index in [0.29, 0.717) is 0 Å². The van der Waals surface area contributed by atoms with Gasteiger partial charge < -0.3 is 10.5 Å². The lowest BCUT2D eigenvalue weighted by molar-refractivity contribution is 0.414. The van der Waals surface area contributed by atoms with Crippen LogP contribution in [0.2, 0.25) is 0 Å². The number of rotatable bonds is 4. The first-order chi connectivity index (χ1) is 8.19. The SMILES string of the molecule is COc1cccc(Cc2nc(C(C)N)cs2)c1. The molecule has 1 aromatic heterocycles. The molecule has 0 amide bonds. The van der Waals surface area contributed by atoms with Gasteiger partial charge in [-0.25, -0.2) is 4.98 Å². The van der Waals surface area contributed by atoms with Crippen molar-refractivity contribution in [2.24, 2.45) is 5.73 Å². The number of nitrogens with zero attached hydrogens (tertiary/aromatic N) is 1. The summed E-state index contributed by atoms with van der Waals surface area (Å²) in [6.07, 6.45) is 0.828. The predicted molar refractivity (Wildman–Crippen MR) is 70.5 cm³/mol. The maximum atomic E-state index is 5.79. The second kappa shape index (κ2) is 5.29. The second-order valence-electron chi connectivity index (χ2n) is 3.98. The molecule has 2 rings (SSSR count). The van der Waals surface area contributed by atoms with Crippen LogP contribution in [0, 0.1) is 0 Å². The Morgan fingerprint density at radius 3 is 2.94 bits per heavy atom. The molecule has 1 aromatic carbocycles. The van der Waals surface area contributed by atoms with E-state index in [1.54, 1.807) is 18.4 Å². The highest BCUT2D eigenvalue weighted by molar-refractivity contribution is 7.09. The van der Waals surface area contributed by atoms with Crippen molar-refractivity contribution in [2.75, 3.05) is 7.11 Å². The van der Waals surface area contributed by atoms with Crippen molar-refractivity contribution in [3.63, 3.8) is 0 Å². The fourth-order valence-electron chi connectivity index (χ4n) is 1.57. The number of nitrogens with two attached hydrogens (primary N) is 1. The van der Waals surface area contributed by atoms with Crippen LogP contribution in [-0.2, 0) is 6.42 Å². The van der Waals surface area contributed by atoms with Gasteiger partial charge >= 0.3 is 0 Å². The van der Waals surface area contributed by atoms with Crippen molar-refractivity contribution in [3.8, 4) is 5.75 Å². The van der Waals surface area contributed by atoms with Crippen molar-refractivity contribution < 1.29 is 4.74 Å². The summed E-state index contributed by atoms with van der Waals surface area (Å²) in [5.41, 5.74) is 7.96. The maximum Gasteiger partial charge on any atom is 0.119 e. The third-order valence-electron chi connectivity index (χ3n) is 2.53. The first-order valence-electron chi connectivity index (χ1n) is 5.52. The first-order valence-corrected chi connectivity index (χ1v) is 6.40. The van der Waals surface area contributed by atoms with Crippen LogP contribution in [0.15, 0.2) is 29.6 Å². The molecular formula is C13H16N2OS. The van der Waals surface area contributed by atoms with Crippen molar-refractivity contribution in [1.29, 1.82) is 0 Å². The Kier molecular flexibility index (Phi) is 3.76. The summed E-state index contributed by atoms with van der Waals surface area (Å²) in [4.78, 5) is 4.51. The molecule has 0 aliphatic heterocycles. The van der Waals surface area contributed by atoms with Gasteiger partial charge in [0.15, 0.2) is 0 Å². The molecule has 2 aromatic rings. The average molecular weight is 248 g/mol. The van der Waals surface area contributed by atoms with Crippen LogP contribution in [0.1, 0.15) is 29.2 Å². The van der Waals surface area contributed by atoms with E-state index in [4.69, 9.17) is 10.5 Å². The standard InChI is InChI=1S/C13H16N2OS/c1-9(14)12-8-17-13(15-12)7-10-4-3-5-11(6-10)16-2/h3-6,8-9H,7,14H2,1-2H3. The molecule has 4 heteroatoms. The summed E-state index contributed by atoms with van der Waals surface area (Å²) in [6, 6.07) is 8.06. The second-order valence-corrected chi connectivity index (χ2v) is 4.93. The van der Waals surface area contributed by atoms with E-state index >= 15 is 0 Å². The summed E-state index contributed by atoms with van der Waals surface area (Å²) < 4.78 is 5.20. The topological polar surface area (TPSA) is 48.1 Å². The lowest BCUT2D eigenvalue weighted by Crippen LogP contribution is -2.05. The first kappa shape index (κ1) is 12.1. The number of hydrogen-bond acceptors (Lipinski definition) is 4. The molecule has 1 unspecified atom stereocenters. The normalized spacial score (nSPS) is 12.4. The van der Waals surface area contributed by atoms with Gasteiger partial charge in [-0.1, -0.05) is 12.1 Å². The molecule has 17 heavy (non-hydrogen) atoms. The third-order valence-corrected chi connectivity index (χ3v) is 3.39. The molecule has 0 bridgehead atoms. The van der Waals surface area contributed by atoms with E-state index in [9.17, 15) is 0 Å². The smallest absolute Gasteiger partial charge is 0.119 e. The third kappa shape index (κ3) is 3.05. The number of ether oxygens (including phenoxy) is 1. The Bertz CT molecular complexity index is 494.